The van der Waals surface area contributed by atoms with Crippen molar-refractivity contribution in [3.8, 4) is 0 Å². The summed E-state index contributed by atoms with van der Waals surface area (Å²) in [5.74, 6) is -1.49. The predicted octanol–water partition coefficient (Wildman–Crippen LogP) is 1.96. The SMILES string of the molecule is CC(Cc1ccccc1Cl)C(=O)N1CCC(O)(C(=O)O)CC1. The first-order valence-electron chi connectivity index (χ1n) is 7.31. The number of piperidine rings is 1. The van der Waals surface area contributed by atoms with Crippen molar-refractivity contribution in [1.82, 2.24) is 4.90 Å². The Morgan fingerprint density at radius 3 is 2.45 bits per heavy atom. The molecule has 1 unspecified atom stereocenters. The van der Waals surface area contributed by atoms with Crippen molar-refractivity contribution in [1.29, 1.82) is 0 Å². The number of carboxylic acids is 1. The van der Waals surface area contributed by atoms with Crippen LogP contribution in [0.15, 0.2) is 24.3 Å². The van der Waals surface area contributed by atoms with Crippen LogP contribution in [-0.4, -0.2) is 45.7 Å². The number of amides is 1. The van der Waals surface area contributed by atoms with Crippen LogP contribution in [0, 0.1) is 5.92 Å². The smallest absolute Gasteiger partial charge is 0.335 e. The molecule has 6 heteroatoms. The lowest BCUT2D eigenvalue weighted by atomic mass is 9.90. The molecule has 1 atom stereocenters. The van der Waals surface area contributed by atoms with E-state index in [0.717, 1.165) is 5.56 Å². The van der Waals surface area contributed by atoms with Gasteiger partial charge in [0.05, 0.1) is 0 Å². The Balaban J connectivity index is 1.95. The maximum Gasteiger partial charge on any atom is 0.335 e. The van der Waals surface area contributed by atoms with Crippen LogP contribution in [-0.2, 0) is 16.0 Å². The first kappa shape index (κ1) is 16.8. The van der Waals surface area contributed by atoms with E-state index in [1.807, 2.05) is 25.1 Å². The number of carbonyl (C=O) groups is 2. The summed E-state index contributed by atoms with van der Waals surface area (Å²) in [6.07, 6.45) is 0.665. The number of rotatable bonds is 4. The summed E-state index contributed by atoms with van der Waals surface area (Å²) in [5, 5.41) is 19.5. The average Bonchev–Trinajstić information content (AvgIpc) is 2.49. The Labute approximate surface area is 134 Å². The first-order valence-corrected chi connectivity index (χ1v) is 7.69. The number of aliphatic carboxylic acids is 1. The molecule has 1 amide bonds. The minimum Gasteiger partial charge on any atom is -0.479 e. The van der Waals surface area contributed by atoms with Crippen molar-refractivity contribution in [2.45, 2.75) is 31.8 Å². The van der Waals surface area contributed by atoms with Crippen molar-refractivity contribution in [2.75, 3.05) is 13.1 Å². The normalized spacial score (nSPS) is 18.8. The van der Waals surface area contributed by atoms with Crippen molar-refractivity contribution in [3.63, 3.8) is 0 Å². The van der Waals surface area contributed by atoms with E-state index >= 15 is 0 Å². The minimum atomic E-state index is -1.71. The monoisotopic (exact) mass is 325 g/mol. The number of carbonyl (C=O) groups excluding carboxylic acids is 1. The zero-order valence-corrected chi connectivity index (χ0v) is 13.2. The number of carboxylic acid groups (broad SMARTS) is 1. The van der Waals surface area contributed by atoms with Gasteiger partial charge in [0, 0.05) is 36.9 Å². The van der Waals surface area contributed by atoms with Crippen LogP contribution in [0.3, 0.4) is 0 Å². The molecule has 0 radical (unpaired) electrons. The molecule has 2 N–H and O–H groups in total. The third kappa shape index (κ3) is 3.59. The molecule has 0 aromatic heterocycles. The highest BCUT2D eigenvalue weighted by molar-refractivity contribution is 6.31. The summed E-state index contributed by atoms with van der Waals surface area (Å²) < 4.78 is 0. The van der Waals surface area contributed by atoms with Gasteiger partial charge in [-0.1, -0.05) is 36.7 Å². The Morgan fingerprint density at radius 1 is 1.32 bits per heavy atom. The van der Waals surface area contributed by atoms with Crippen LogP contribution >= 0.6 is 11.6 Å². The summed E-state index contributed by atoms with van der Waals surface area (Å²) in [7, 11) is 0. The number of benzene rings is 1. The van der Waals surface area contributed by atoms with Gasteiger partial charge in [-0.05, 0) is 18.1 Å². The second-order valence-electron chi connectivity index (χ2n) is 5.86. The molecule has 1 heterocycles. The van der Waals surface area contributed by atoms with Gasteiger partial charge in [0.2, 0.25) is 5.91 Å². The third-order valence-corrected chi connectivity index (χ3v) is 4.57. The molecule has 1 aliphatic heterocycles. The van der Waals surface area contributed by atoms with Gasteiger partial charge in [-0.3, -0.25) is 4.79 Å². The molecule has 1 saturated heterocycles. The molecule has 1 fully saturated rings. The van der Waals surface area contributed by atoms with Crippen LogP contribution in [0.4, 0.5) is 0 Å². The molecule has 1 aliphatic rings. The lowest BCUT2D eigenvalue weighted by Gasteiger charge is -2.36. The molecule has 120 valence electrons. The van der Waals surface area contributed by atoms with E-state index in [4.69, 9.17) is 16.7 Å². The zero-order valence-electron chi connectivity index (χ0n) is 12.5. The highest BCUT2D eigenvalue weighted by Crippen LogP contribution is 2.25. The number of nitrogens with zero attached hydrogens (tertiary/aromatic N) is 1. The van der Waals surface area contributed by atoms with Gasteiger partial charge >= 0.3 is 5.97 Å². The number of aliphatic hydroxyl groups is 1. The van der Waals surface area contributed by atoms with Gasteiger partial charge in [-0.15, -0.1) is 0 Å². The maximum absolute atomic E-state index is 12.4. The predicted molar refractivity (Wildman–Crippen MR) is 82.7 cm³/mol. The van der Waals surface area contributed by atoms with Gasteiger partial charge in [-0.2, -0.15) is 0 Å². The number of hydrogen-bond donors (Lipinski definition) is 2. The van der Waals surface area contributed by atoms with E-state index in [1.54, 1.807) is 11.0 Å². The van der Waals surface area contributed by atoms with Crippen LogP contribution < -0.4 is 0 Å². The summed E-state index contributed by atoms with van der Waals surface area (Å²) >= 11 is 6.11. The van der Waals surface area contributed by atoms with Gasteiger partial charge in [0.15, 0.2) is 5.60 Å². The highest BCUT2D eigenvalue weighted by Gasteiger charge is 2.40. The van der Waals surface area contributed by atoms with E-state index in [0.29, 0.717) is 11.4 Å². The second kappa shape index (κ2) is 6.67. The fourth-order valence-corrected chi connectivity index (χ4v) is 2.92. The maximum atomic E-state index is 12.4. The molecule has 1 aromatic rings. The third-order valence-electron chi connectivity index (χ3n) is 4.21. The van der Waals surface area contributed by atoms with E-state index in [2.05, 4.69) is 0 Å². The summed E-state index contributed by atoms with van der Waals surface area (Å²) in [5.41, 5.74) is -0.785. The van der Waals surface area contributed by atoms with E-state index in [1.165, 1.54) is 0 Å². The van der Waals surface area contributed by atoms with E-state index in [9.17, 15) is 14.7 Å². The number of likely N-dealkylation sites (tertiary alicyclic amines) is 1. The van der Waals surface area contributed by atoms with Crippen LogP contribution in [0.2, 0.25) is 5.02 Å². The van der Waals surface area contributed by atoms with Gasteiger partial charge in [-0.25, -0.2) is 4.79 Å². The summed E-state index contributed by atoms with van der Waals surface area (Å²) in [4.78, 5) is 25.1. The number of hydrogen-bond acceptors (Lipinski definition) is 3. The molecule has 22 heavy (non-hydrogen) atoms. The van der Waals surface area contributed by atoms with Gasteiger partial charge in [0.1, 0.15) is 0 Å². The summed E-state index contributed by atoms with van der Waals surface area (Å²) in [6.45, 7) is 2.35. The largest absolute Gasteiger partial charge is 0.479 e. The fraction of sp³-hybridized carbons (Fsp3) is 0.500. The molecule has 0 bridgehead atoms. The van der Waals surface area contributed by atoms with Gasteiger partial charge in [0.25, 0.3) is 0 Å². The molecule has 5 nitrogen and oxygen atoms in total. The van der Waals surface area contributed by atoms with Crippen LogP contribution in [0.5, 0.6) is 0 Å². The van der Waals surface area contributed by atoms with Crippen molar-refractivity contribution in [2.24, 2.45) is 5.92 Å². The Hall–Kier alpha value is -1.59. The lowest BCUT2D eigenvalue weighted by molar-refractivity contribution is -0.165. The first-order chi connectivity index (χ1) is 10.3. The minimum absolute atomic E-state index is 0.0349. The Kier molecular flexibility index (Phi) is 5.08. The molecule has 1 aromatic carbocycles. The zero-order chi connectivity index (χ0) is 16.3. The van der Waals surface area contributed by atoms with Gasteiger partial charge < -0.3 is 15.1 Å². The van der Waals surface area contributed by atoms with Crippen molar-refractivity contribution in [3.05, 3.63) is 34.9 Å². The number of halogens is 1. The molecular formula is C16H20ClNO4. The lowest BCUT2D eigenvalue weighted by Crippen LogP contribution is -2.51. The van der Waals surface area contributed by atoms with Crippen LogP contribution in [0.1, 0.15) is 25.3 Å². The molecule has 0 saturated carbocycles. The van der Waals surface area contributed by atoms with E-state index in [-0.39, 0.29) is 37.8 Å². The molecule has 0 aliphatic carbocycles. The fourth-order valence-electron chi connectivity index (χ4n) is 2.70. The molecule has 0 spiro atoms. The molecular weight excluding hydrogens is 306 g/mol. The van der Waals surface area contributed by atoms with Crippen molar-refractivity contribution < 1.29 is 19.8 Å². The Bertz CT molecular complexity index is 567. The highest BCUT2D eigenvalue weighted by atomic mass is 35.5. The summed E-state index contributed by atoms with van der Waals surface area (Å²) in [6, 6.07) is 7.41. The standard InChI is InChI=1S/C16H20ClNO4/c1-11(10-12-4-2-3-5-13(12)17)14(19)18-8-6-16(22,7-9-18)15(20)21/h2-5,11,22H,6-10H2,1H3,(H,20,21). The molecule has 2 rings (SSSR count). The topological polar surface area (TPSA) is 77.8 Å². The second-order valence-corrected chi connectivity index (χ2v) is 6.27. The Morgan fingerprint density at radius 2 is 1.91 bits per heavy atom. The quantitative estimate of drug-likeness (QED) is 0.887. The van der Waals surface area contributed by atoms with Crippen molar-refractivity contribution >= 4 is 23.5 Å². The average molecular weight is 326 g/mol. The van der Waals surface area contributed by atoms with Crippen LogP contribution in [0.25, 0.3) is 0 Å². The van der Waals surface area contributed by atoms with E-state index < -0.39 is 11.6 Å².